The van der Waals surface area contributed by atoms with Gasteiger partial charge in [-0.1, -0.05) is 214 Å². The zero-order valence-electron chi connectivity index (χ0n) is 43.4. The first-order valence-electron chi connectivity index (χ1n) is 27.8. The molecule has 0 N–H and O–H groups in total. The van der Waals surface area contributed by atoms with Crippen molar-refractivity contribution in [1.29, 1.82) is 0 Å². The summed E-state index contributed by atoms with van der Waals surface area (Å²) >= 11 is 0. The fourth-order valence-electron chi connectivity index (χ4n) is 7.44. The summed E-state index contributed by atoms with van der Waals surface area (Å²) in [7, 11) is 0. The van der Waals surface area contributed by atoms with Gasteiger partial charge in [0.15, 0.2) is 6.10 Å². The Morgan fingerprint density at radius 3 is 1.11 bits per heavy atom. The maximum Gasteiger partial charge on any atom is 0.306 e. The second-order valence-corrected chi connectivity index (χ2v) is 18.1. The van der Waals surface area contributed by atoms with Gasteiger partial charge in [-0.05, 0) is 122 Å². The van der Waals surface area contributed by atoms with Crippen LogP contribution in [-0.4, -0.2) is 37.9 Å². The molecule has 5 nitrogen and oxygen atoms in total. The minimum absolute atomic E-state index is 0.0607. The molecule has 0 aromatic heterocycles. The van der Waals surface area contributed by atoms with Gasteiger partial charge in [-0.3, -0.25) is 9.59 Å². The molecule has 0 aromatic rings. The molecule has 0 bridgehead atoms. The van der Waals surface area contributed by atoms with Crippen molar-refractivity contribution < 1.29 is 23.8 Å². The molecule has 0 fully saturated rings. The molecule has 0 spiro atoms. The number of allylic oxidation sites excluding steroid dienone is 16. The lowest BCUT2D eigenvalue weighted by Gasteiger charge is -2.18. The molecule has 378 valence electrons. The van der Waals surface area contributed by atoms with Crippen molar-refractivity contribution in [2.45, 2.75) is 258 Å². The smallest absolute Gasteiger partial charge is 0.306 e. The van der Waals surface area contributed by atoms with E-state index >= 15 is 0 Å². The minimum atomic E-state index is -0.566. The number of rotatable bonds is 50. The summed E-state index contributed by atoms with van der Waals surface area (Å²) in [6, 6.07) is 0. The van der Waals surface area contributed by atoms with Crippen LogP contribution in [0.5, 0.6) is 0 Å². The Balaban J connectivity index is 4.32. The van der Waals surface area contributed by atoms with E-state index in [2.05, 4.69) is 118 Å². The van der Waals surface area contributed by atoms with Gasteiger partial charge in [-0.15, -0.1) is 0 Å². The summed E-state index contributed by atoms with van der Waals surface area (Å²) < 4.78 is 17.4. The summed E-state index contributed by atoms with van der Waals surface area (Å²) in [4.78, 5) is 25.5. The number of ether oxygens (including phenoxy) is 3. The van der Waals surface area contributed by atoms with Gasteiger partial charge in [-0.2, -0.15) is 0 Å². The lowest BCUT2D eigenvalue weighted by Crippen LogP contribution is -2.30. The van der Waals surface area contributed by atoms with Gasteiger partial charge in [0.05, 0.1) is 6.61 Å². The quantitative estimate of drug-likeness (QED) is 0.0346. The monoisotopic (exact) mass is 917 g/mol. The van der Waals surface area contributed by atoms with E-state index in [1.807, 2.05) is 0 Å². The fourth-order valence-corrected chi connectivity index (χ4v) is 7.44. The van der Waals surface area contributed by atoms with E-state index in [1.165, 1.54) is 122 Å². The molecule has 0 aliphatic rings. The molecule has 1 atom stereocenters. The van der Waals surface area contributed by atoms with Crippen LogP contribution in [-0.2, 0) is 23.8 Å². The van der Waals surface area contributed by atoms with Crippen LogP contribution < -0.4 is 0 Å². The highest BCUT2D eigenvalue weighted by molar-refractivity contribution is 5.70. The average Bonchev–Trinajstić information content (AvgIpc) is 3.32. The van der Waals surface area contributed by atoms with Crippen molar-refractivity contribution in [2.24, 2.45) is 0 Å². The van der Waals surface area contributed by atoms with E-state index in [4.69, 9.17) is 14.2 Å². The summed E-state index contributed by atoms with van der Waals surface area (Å²) in [5.74, 6) is -0.446. The highest BCUT2D eigenvalue weighted by Gasteiger charge is 2.17. The molecule has 0 heterocycles. The van der Waals surface area contributed by atoms with E-state index < -0.39 is 6.10 Å². The molecule has 0 rings (SSSR count). The van der Waals surface area contributed by atoms with E-state index in [-0.39, 0.29) is 25.2 Å². The van der Waals surface area contributed by atoms with Gasteiger partial charge in [-0.25, -0.2) is 0 Å². The summed E-state index contributed by atoms with van der Waals surface area (Å²) in [6.07, 6.45) is 75.6. The van der Waals surface area contributed by atoms with Gasteiger partial charge in [0, 0.05) is 19.4 Å². The summed E-state index contributed by atoms with van der Waals surface area (Å²) in [5.41, 5.74) is 0. The highest BCUT2D eigenvalue weighted by atomic mass is 16.6. The van der Waals surface area contributed by atoms with E-state index in [0.717, 1.165) is 96.3 Å². The van der Waals surface area contributed by atoms with Gasteiger partial charge in [0.2, 0.25) is 0 Å². The number of esters is 2. The maximum atomic E-state index is 12.8. The molecule has 66 heavy (non-hydrogen) atoms. The number of carbonyl (C=O) groups is 2. The first kappa shape index (κ1) is 62.8. The third-order valence-electron chi connectivity index (χ3n) is 11.6. The van der Waals surface area contributed by atoms with Crippen molar-refractivity contribution >= 4 is 11.9 Å². The predicted octanol–water partition coefficient (Wildman–Crippen LogP) is 19.0. The third kappa shape index (κ3) is 53.4. The zero-order chi connectivity index (χ0) is 47.7. The average molecular weight is 917 g/mol. The molecule has 0 aliphatic carbocycles. The van der Waals surface area contributed by atoms with Crippen LogP contribution in [0.2, 0.25) is 0 Å². The number of hydrogen-bond donors (Lipinski definition) is 0. The van der Waals surface area contributed by atoms with Crippen molar-refractivity contribution in [3.63, 3.8) is 0 Å². The van der Waals surface area contributed by atoms with Gasteiger partial charge in [0.1, 0.15) is 6.61 Å². The second-order valence-electron chi connectivity index (χ2n) is 18.1. The van der Waals surface area contributed by atoms with Crippen LogP contribution in [0.4, 0.5) is 0 Å². The third-order valence-corrected chi connectivity index (χ3v) is 11.6. The molecule has 1 unspecified atom stereocenters. The van der Waals surface area contributed by atoms with Crippen molar-refractivity contribution in [2.75, 3.05) is 19.8 Å². The number of unbranched alkanes of at least 4 members (excludes halogenated alkanes) is 23. The SMILES string of the molecule is CC/C=C\C/C=C\C/C=C\CCCCCC(=O)OC(COCCCCCCCCC/C=C\C/C=C\C/C=C\CCCCC)COC(=O)CCCCCCCCC/C=C\C/C=C\CCCCC. The topological polar surface area (TPSA) is 61.8 Å². The molecule has 0 saturated heterocycles. The molecule has 0 radical (unpaired) electrons. The Labute approximate surface area is 409 Å². The first-order valence-corrected chi connectivity index (χ1v) is 27.8. The van der Waals surface area contributed by atoms with Crippen LogP contribution >= 0.6 is 0 Å². The van der Waals surface area contributed by atoms with Crippen LogP contribution in [0.15, 0.2) is 97.2 Å². The van der Waals surface area contributed by atoms with Crippen molar-refractivity contribution in [1.82, 2.24) is 0 Å². The second kappa shape index (κ2) is 56.1. The van der Waals surface area contributed by atoms with Crippen LogP contribution in [0.1, 0.15) is 252 Å². The summed E-state index contributed by atoms with van der Waals surface area (Å²) in [5, 5.41) is 0. The molecular formula is C61H104O5. The van der Waals surface area contributed by atoms with Gasteiger partial charge < -0.3 is 14.2 Å². The van der Waals surface area contributed by atoms with E-state index in [0.29, 0.717) is 19.4 Å². The molecule has 0 aromatic carbocycles. The van der Waals surface area contributed by atoms with E-state index in [1.54, 1.807) is 0 Å². The molecule has 5 heteroatoms. The Morgan fingerprint density at radius 2 is 0.682 bits per heavy atom. The fraction of sp³-hybridized carbons (Fsp3) is 0.705. The van der Waals surface area contributed by atoms with Crippen LogP contribution in [0, 0.1) is 0 Å². The summed E-state index contributed by atoms with van der Waals surface area (Å²) in [6.45, 7) is 7.61. The largest absolute Gasteiger partial charge is 0.462 e. The Kier molecular flexibility index (Phi) is 53.4. The van der Waals surface area contributed by atoms with Gasteiger partial charge >= 0.3 is 11.9 Å². The Hall–Kier alpha value is -3.18. The molecule has 0 amide bonds. The Morgan fingerprint density at radius 1 is 0.348 bits per heavy atom. The zero-order valence-corrected chi connectivity index (χ0v) is 43.4. The molecular weight excluding hydrogens is 813 g/mol. The molecule has 0 saturated carbocycles. The maximum absolute atomic E-state index is 12.8. The minimum Gasteiger partial charge on any atom is -0.462 e. The van der Waals surface area contributed by atoms with Gasteiger partial charge in [0.25, 0.3) is 0 Å². The number of hydrogen-bond acceptors (Lipinski definition) is 5. The predicted molar refractivity (Wildman–Crippen MR) is 288 cm³/mol. The van der Waals surface area contributed by atoms with Crippen molar-refractivity contribution in [3.8, 4) is 0 Å². The van der Waals surface area contributed by atoms with Crippen LogP contribution in [0.25, 0.3) is 0 Å². The standard InChI is InChI=1S/C61H104O5/c1-4-7-10-13-16-19-22-25-27-29-30-31-33-35-38-41-44-47-50-53-56-64-57-59(66-61(63)55-52-49-46-43-40-36-24-21-18-15-12-9-6-3)58-65-60(62)54-51-48-45-42-39-37-34-32-28-26-23-20-17-14-11-8-5-2/h9,12,16-21,25-28,30-31,36,40,59H,4-8,10-11,13-15,22-24,29,32-35,37-39,41-58H2,1-3H3/b12-9-,19-16-,20-17-,21-18-,27-25-,28-26-,31-30-,40-36-. The van der Waals surface area contributed by atoms with Crippen LogP contribution in [0.3, 0.4) is 0 Å². The molecule has 0 aliphatic heterocycles. The Bertz CT molecular complexity index is 1270. The lowest BCUT2D eigenvalue weighted by molar-refractivity contribution is -0.163. The lowest BCUT2D eigenvalue weighted by atomic mass is 10.1. The van der Waals surface area contributed by atoms with E-state index in [9.17, 15) is 9.59 Å². The normalized spacial score (nSPS) is 13.0. The highest BCUT2D eigenvalue weighted by Crippen LogP contribution is 2.13. The van der Waals surface area contributed by atoms with Crippen molar-refractivity contribution in [3.05, 3.63) is 97.2 Å². The number of carbonyl (C=O) groups excluding carboxylic acids is 2. The first-order chi connectivity index (χ1) is 32.6.